The van der Waals surface area contributed by atoms with E-state index in [1.165, 1.54) is 17.5 Å². The lowest BCUT2D eigenvalue weighted by Crippen LogP contribution is -2.35. The van der Waals surface area contributed by atoms with Gasteiger partial charge in [0.2, 0.25) is 0 Å². The normalized spacial score (nSPS) is 13.0. The summed E-state index contributed by atoms with van der Waals surface area (Å²) >= 11 is 0. The molecule has 7 heteroatoms. The Morgan fingerprint density at radius 1 is 1.11 bits per heavy atom. The van der Waals surface area contributed by atoms with Gasteiger partial charge in [-0.15, -0.1) is 0 Å². The number of aryl methyl sites for hydroxylation is 1. The van der Waals surface area contributed by atoms with Crippen LogP contribution >= 0.6 is 0 Å². The maximum atomic E-state index is 12.2. The number of phenols is 1. The van der Waals surface area contributed by atoms with Crippen LogP contribution in [0.1, 0.15) is 35.1 Å². The van der Waals surface area contributed by atoms with Crippen molar-refractivity contribution in [2.45, 2.75) is 38.8 Å². The molecule has 3 N–H and O–H groups in total. The highest BCUT2D eigenvalue weighted by molar-refractivity contribution is 5.74. The summed E-state index contributed by atoms with van der Waals surface area (Å²) < 4.78 is 1.81. The molecule has 0 atom stereocenters. The standard InChI is InChI=1S/C21H23N5O2/c27-19-6-5-16-3-1-2-4-17(16)18(19)13-25-21(28)24-12-15-7-8-23-20(11-15)26-10-9-22-14-26/h5-11,14,27H,1-4,12-13H2,(H2,24,25,28). The monoisotopic (exact) mass is 377 g/mol. The molecule has 0 spiro atoms. The van der Waals surface area contributed by atoms with Gasteiger partial charge in [-0.25, -0.2) is 14.8 Å². The molecule has 2 amide bonds. The molecule has 0 saturated heterocycles. The van der Waals surface area contributed by atoms with E-state index >= 15 is 0 Å². The number of aromatic nitrogens is 3. The summed E-state index contributed by atoms with van der Waals surface area (Å²) in [7, 11) is 0. The molecule has 1 aliphatic rings. The number of imidazole rings is 1. The summed E-state index contributed by atoms with van der Waals surface area (Å²) in [5, 5.41) is 15.9. The van der Waals surface area contributed by atoms with Crippen molar-refractivity contribution in [2.75, 3.05) is 0 Å². The highest BCUT2D eigenvalue weighted by Crippen LogP contribution is 2.30. The number of nitrogens with zero attached hydrogens (tertiary/aromatic N) is 3. The van der Waals surface area contributed by atoms with E-state index in [4.69, 9.17) is 0 Å². The highest BCUT2D eigenvalue weighted by atomic mass is 16.3. The Bertz CT molecular complexity index is 969. The number of fused-ring (bicyclic) bond motifs is 1. The molecule has 1 aromatic carbocycles. The highest BCUT2D eigenvalue weighted by Gasteiger charge is 2.16. The van der Waals surface area contributed by atoms with Crippen molar-refractivity contribution in [3.8, 4) is 11.6 Å². The van der Waals surface area contributed by atoms with Crippen molar-refractivity contribution < 1.29 is 9.90 Å². The molecule has 3 aromatic rings. The second-order valence-corrected chi connectivity index (χ2v) is 6.94. The Balaban J connectivity index is 1.35. The quantitative estimate of drug-likeness (QED) is 0.637. The number of hydrogen-bond donors (Lipinski definition) is 3. The molecule has 0 radical (unpaired) electrons. The number of benzene rings is 1. The predicted molar refractivity (Wildman–Crippen MR) is 105 cm³/mol. The van der Waals surface area contributed by atoms with E-state index in [0.717, 1.165) is 36.2 Å². The van der Waals surface area contributed by atoms with Gasteiger partial charge in [-0.2, -0.15) is 0 Å². The SMILES string of the molecule is O=C(NCc1ccnc(-n2ccnc2)c1)NCc1c(O)ccc2c1CCCC2. The van der Waals surface area contributed by atoms with E-state index in [-0.39, 0.29) is 11.8 Å². The fourth-order valence-corrected chi connectivity index (χ4v) is 3.61. The first kappa shape index (κ1) is 18.0. The van der Waals surface area contributed by atoms with Gasteiger partial charge in [-0.3, -0.25) is 4.57 Å². The lowest BCUT2D eigenvalue weighted by molar-refractivity contribution is 0.240. The van der Waals surface area contributed by atoms with Gasteiger partial charge < -0.3 is 15.7 Å². The summed E-state index contributed by atoms with van der Waals surface area (Å²) in [6.07, 6.45) is 11.2. The predicted octanol–water partition coefficient (Wildman–Crippen LogP) is 2.85. The maximum absolute atomic E-state index is 12.2. The Hall–Kier alpha value is -3.35. The van der Waals surface area contributed by atoms with E-state index < -0.39 is 0 Å². The van der Waals surface area contributed by atoms with Crippen molar-refractivity contribution in [3.05, 3.63) is 71.4 Å². The molecule has 0 fully saturated rings. The molecule has 1 aliphatic carbocycles. The summed E-state index contributed by atoms with van der Waals surface area (Å²) in [6, 6.07) is 7.22. The molecular formula is C21H23N5O2. The largest absolute Gasteiger partial charge is 0.508 e. The minimum absolute atomic E-state index is 0.250. The van der Waals surface area contributed by atoms with E-state index in [1.54, 1.807) is 24.8 Å². The third-order valence-corrected chi connectivity index (χ3v) is 5.08. The second-order valence-electron chi connectivity index (χ2n) is 6.94. The minimum Gasteiger partial charge on any atom is -0.508 e. The van der Waals surface area contributed by atoms with Crippen LogP contribution in [0.25, 0.3) is 5.82 Å². The van der Waals surface area contributed by atoms with Crippen molar-refractivity contribution in [2.24, 2.45) is 0 Å². The van der Waals surface area contributed by atoms with Crippen LogP contribution in [0.3, 0.4) is 0 Å². The first-order valence-electron chi connectivity index (χ1n) is 9.48. The van der Waals surface area contributed by atoms with Crippen LogP contribution in [0.2, 0.25) is 0 Å². The Morgan fingerprint density at radius 3 is 2.82 bits per heavy atom. The zero-order chi connectivity index (χ0) is 19.3. The second kappa shape index (κ2) is 8.12. The number of pyridine rings is 1. The summed E-state index contributed by atoms with van der Waals surface area (Å²) in [4.78, 5) is 20.6. The number of urea groups is 1. The molecule has 0 aliphatic heterocycles. The first-order valence-corrected chi connectivity index (χ1v) is 9.48. The third kappa shape index (κ3) is 3.98. The van der Waals surface area contributed by atoms with Gasteiger partial charge in [-0.05, 0) is 60.6 Å². The zero-order valence-corrected chi connectivity index (χ0v) is 15.6. The number of carbonyl (C=O) groups is 1. The van der Waals surface area contributed by atoms with Gasteiger partial charge in [0, 0.05) is 37.2 Å². The van der Waals surface area contributed by atoms with Gasteiger partial charge in [-0.1, -0.05) is 6.07 Å². The molecule has 28 heavy (non-hydrogen) atoms. The number of hydrogen-bond acceptors (Lipinski definition) is 4. The van der Waals surface area contributed by atoms with Gasteiger partial charge in [0.15, 0.2) is 0 Å². The van der Waals surface area contributed by atoms with E-state index in [0.29, 0.717) is 13.1 Å². The fourth-order valence-electron chi connectivity index (χ4n) is 3.61. The number of nitrogens with one attached hydrogen (secondary N) is 2. The van der Waals surface area contributed by atoms with E-state index in [2.05, 4.69) is 20.6 Å². The van der Waals surface area contributed by atoms with Gasteiger partial charge in [0.05, 0.1) is 0 Å². The molecule has 0 unspecified atom stereocenters. The molecule has 144 valence electrons. The van der Waals surface area contributed by atoms with Gasteiger partial charge >= 0.3 is 6.03 Å². The number of aromatic hydroxyl groups is 1. The number of phenolic OH excluding ortho intramolecular Hbond substituents is 1. The summed E-state index contributed by atoms with van der Waals surface area (Å²) in [5.41, 5.74) is 4.24. The Labute approximate surface area is 163 Å². The minimum atomic E-state index is -0.270. The van der Waals surface area contributed by atoms with Crippen LogP contribution in [0.4, 0.5) is 4.79 Å². The Morgan fingerprint density at radius 2 is 1.96 bits per heavy atom. The third-order valence-electron chi connectivity index (χ3n) is 5.08. The molecule has 0 bridgehead atoms. The number of carbonyl (C=O) groups excluding carboxylic acids is 1. The van der Waals surface area contributed by atoms with E-state index in [9.17, 15) is 9.90 Å². The smallest absolute Gasteiger partial charge is 0.315 e. The molecule has 7 nitrogen and oxygen atoms in total. The Kier molecular flexibility index (Phi) is 5.23. The van der Waals surface area contributed by atoms with Crippen LogP contribution < -0.4 is 10.6 Å². The fraction of sp³-hybridized carbons (Fsp3) is 0.286. The molecule has 4 rings (SSSR count). The molecular weight excluding hydrogens is 354 g/mol. The molecule has 2 aromatic heterocycles. The first-order chi connectivity index (χ1) is 13.7. The summed E-state index contributed by atoms with van der Waals surface area (Å²) in [6.45, 7) is 0.701. The average Bonchev–Trinajstić information content (AvgIpc) is 3.27. The van der Waals surface area contributed by atoms with Crippen LogP contribution in [0, 0.1) is 0 Å². The molecule has 0 saturated carbocycles. The van der Waals surface area contributed by atoms with Crippen LogP contribution in [-0.2, 0) is 25.9 Å². The average molecular weight is 377 g/mol. The van der Waals surface area contributed by atoms with Crippen molar-refractivity contribution >= 4 is 6.03 Å². The maximum Gasteiger partial charge on any atom is 0.315 e. The molecule has 2 heterocycles. The number of amides is 2. The van der Waals surface area contributed by atoms with Gasteiger partial charge in [0.1, 0.15) is 17.9 Å². The van der Waals surface area contributed by atoms with Crippen molar-refractivity contribution in [3.63, 3.8) is 0 Å². The van der Waals surface area contributed by atoms with E-state index in [1.807, 2.05) is 29.0 Å². The van der Waals surface area contributed by atoms with Crippen molar-refractivity contribution in [1.82, 2.24) is 25.2 Å². The topological polar surface area (TPSA) is 92.1 Å². The lowest BCUT2D eigenvalue weighted by atomic mass is 9.88. The lowest BCUT2D eigenvalue weighted by Gasteiger charge is -2.20. The van der Waals surface area contributed by atoms with Gasteiger partial charge in [0.25, 0.3) is 0 Å². The summed E-state index contributed by atoms with van der Waals surface area (Å²) in [5.74, 6) is 0.998. The zero-order valence-electron chi connectivity index (χ0n) is 15.6. The number of rotatable bonds is 5. The van der Waals surface area contributed by atoms with Crippen LogP contribution in [0.15, 0.2) is 49.2 Å². The van der Waals surface area contributed by atoms with Crippen LogP contribution in [0.5, 0.6) is 5.75 Å². The van der Waals surface area contributed by atoms with Crippen LogP contribution in [-0.4, -0.2) is 25.7 Å². The van der Waals surface area contributed by atoms with Crippen molar-refractivity contribution in [1.29, 1.82) is 0 Å².